The van der Waals surface area contributed by atoms with Gasteiger partial charge in [0.05, 0.1) is 27.5 Å². The zero-order valence-electron chi connectivity index (χ0n) is 7.88. The van der Waals surface area contributed by atoms with Gasteiger partial charge in [-0.3, -0.25) is 7.91 Å². The highest BCUT2D eigenvalue weighted by Crippen LogP contribution is 2.29. The van der Waals surface area contributed by atoms with Crippen molar-refractivity contribution in [1.82, 2.24) is 3.11 Å². The number of amides is 1. The van der Waals surface area contributed by atoms with E-state index in [2.05, 4.69) is 10.2 Å². The second-order valence-corrected chi connectivity index (χ2v) is 5.56. The molecule has 0 bridgehead atoms. The zero-order valence-corrected chi connectivity index (χ0v) is 10.0. The largest absolute Gasteiger partial charge is 0.276 e. The molecule has 14 heavy (non-hydrogen) atoms. The Balaban J connectivity index is 2.51. The van der Waals surface area contributed by atoms with Gasteiger partial charge in [-0.2, -0.15) is 0 Å². The van der Waals surface area contributed by atoms with Gasteiger partial charge >= 0.3 is 0 Å². The van der Waals surface area contributed by atoms with Crippen molar-refractivity contribution in [3.63, 3.8) is 0 Å². The average molecular weight is 299 g/mol. The molecule has 0 saturated carbocycles. The van der Waals surface area contributed by atoms with Crippen LogP contribution in [-0.4, -0.2) is 12.7 Å². The molecule has 0 aromatic heterocycles. The second-order valence-electron chi connectivity index (χ2n) is 3.15. The predicted octanol–water partition coefficient (Wildman–Crippen LogP) is 2.42. The lowest BCUT2D eigenvalue weighted by molar-refractivity contribution is 0.0904. The Morgan fingerprint density at radius 2 is 2.36 bits per heavy atom. The summed E-state index contributed by atoms with van der Waals surface area (Å²) in [5, 5.41) is 0. The summed E-state index contributed by atoms with van der Waals surface area (Å²) in [7, 11) is 0. The summed E-state index contributed by atoms with van der Waals surface area (Å²) in [4.78, 5) is 11.9. The Kier molecular flexibility index (Phi) is 2.52. The average Bonchev–Trinajstić information content (AvgIpc) is 2.46. The first kappa shape index (κ1) is 9.62. The van der Waals surface area contributed by atoms with Crippen LogP contribution in [0.25, 0.3) is 0 Å². The van der Waals surface area contributed by atoms with E-state index < -0.39 is 21.0 Å². The number of carbonyl (C=O) groups is 1. The molecule has 0 N–H and O–H groups in total. The minimum atomic E-state index is -0.454. The fraction of sp³-hybridized carbons (Fsp3) is 0.182. The lowest BCUT2D eigenvalue weighted by Crippen LogP contribution is -2.12. The third kappa shape index (κ3) is 1.42. The first-order valence-corrected chi connectivity index (χ1v) is 6.35. The first-order chi connectivity index (χ1) is 6.74. The van der Waals surface area contributed by atoms with E-state index in [0.717, 1.165) is 23.2 Å². The van der Waals surface area contributed by atoms with E-state index in [9.17, 15) is 4.79 Å². The van der Waals surface area contributed by atoms with E-state index in [0.29, 0.717) is 0 Å². The molecule has 0 spiro atoms. The molecule has 3 heteroatoms. The van der Waals surface area contributed by atoms with Crippen molar-refractivity contribution >= 4 is 30.6 Å². The number of benzene rings is 1. The Labute approximate surface area is 93.3 Å². The minimum absolute atomic E-state index is 0.155. The smallest absolute Gasteiger partial charge is 0.263 e. The molecule has 2 rings (SSSR count). The highest BCUT2D eigenvalue weighted by Gasteiger charge is 2.27. The standard InChI is InChI=1S/C11H10INO/c1-3-12-13-7-9-6-4-5-8(2)10(9)11(13)14/h4-6H,1,7H2,2H3. The number of hydrogen-bond acceptors (Lipinski definition) is 1. The van der Waals surface area contributed by atoms with Gasteiger partial charge in [0.25, 0.3) is 5.91 Å². The van der Waals surface area contributed by atoms with Crippen LogP contribution < -0.4 is 0 Å². The Hall–Kier alpha value is -0.930. The number of fused-ring (bicyclic) bond motifs is 1. The predicted molar refractivity (Wildman–Crippen MR) is 65.7 cm³/mol. The van der Waals surface area contributed by atoms with Gasteiger partial charge in [-0.05, 0) is 24.6 Å². The van der Waals surface area contributed by atoms with Crippen molar-refractivity contribution in [2.75, 3.05) is 0 Å². The molecule has 0 aliphatic carbocycles. The van der Waals surface area contributed by atoms with E-state index in [1.54, 1.807) is 0 Å². The molecule has 1 aliphatic rings. The highest BCUT2D eigenvalue weighted by molar-refractivity contribution is 14.2. The van der Waals surface area contributed by atoms with Crippen molar-refractivity contribution < 1.29 is 4.79 Å². The van der Waals surface area contributed by atoms with Gasteiger partial charge in [0.1, 0.15) is 0 Å². The molecule has 2 nitrogen and oxygen atoms in total. The molecule has 1 aliphatic heterocycles. The molecule has 0 atom stereocenters. The van der Waals surface area contributed by atoms with Gasteiger partial charge in [-0.25, -0.2) is 0 Å². The maximum absolute atomic E-state index is 11.9. The van der Waals surface area contributed by atoms with Gasteiger partial charge in [0, 0.05) is 5.56 Å². The summed E-state index contributed by atoms with van der Waals surface area (Å²) in [5.74, 6) is 0.155. The lowest BCUT2D eigenvalue weighted by Gasteiger charge is -2.04. The summed E-state index contributed by atoms with van der Waals surface area (Å²) in [6.45, 7) is 6.30. The van der Waals surface area contributed by atoms with Crippen molar-refractivity contribution in [1.29, 1.82) is 0 Å². The van der Waals surface area contributed by atoms with E-state index in [-0.39, 0.29) is 5.91 Å². The van der Waals surface area contributed by atoms with E-state index in [4.69, 9.17) is 0 Å². The maximum atomic E-state index is 11.9. The van der Waals surface area contributed by atoms with Crippen molar-refractivity contribution in [3.8, 4) is 0 Å². The fourth-order valence-corrected chi connectivity index (χ4v) is 3.06. The number of nitrogens with zero attached hydrogens (tertiary/aromatic N) is 1. The van der Waals surface area contributed by atoms with Gasteiger partial charge in [0.15, 0.2) is 0 Å². The second kappa shape index (κ2) is 3.67. The van der Waals surface area contributed by atoms with E-state index in [1.807, 2.05) is 28.2 Å². The van der Waals surface area contributed by atoms with Crippen LogP contribution >= 0.6 is 21.0 Å². The molecule has 1 aromatic rings. The van der Waals surface area contributed by atoms with Crippen molar-refractivity contribution in [3.05, 3.63) is 41.5 Å². The van der Waals surface area contributed by atoms with Crippen LogP contribution in [0.15, 0.2) is 24.8 Å². The first-order valence-electron chi connectivity index (χ1n) is 4.30. The quantitative estimate of drug-likeness (QED) is 0.576. The number of hydrogen-bond donors (Lipinski definition) is 0. The van der Waals surface area contributed by atoms with Crippen molar-refractivity contribution in [2.24, 2.45) is 0 Å². The lowest BCUT2D eigenvalue weighted by atomic mass is 10.0. The number of rotatable bonds is 1. The SMILES string of the molecule is C=C=IN1Cc2cccc(C)c2C1=O. The normalized spacial score (nSPS) is 14.1. The van der Waals surface area contributed by atoms with Crippen LogP contribution in [-0.2, 0) is 6.54 Å². The van der Waals surface area contributed by atoms with Gasteiger partial charge in [0.2, 0.25) is 0 Å². The van der Waals surface area contributed by atoms with Crippen LogP contribution in [0.1, 0.15) is 21.5 Å². The van der Waals surface area contributed by atoms with Gasteiger partial charge in [-0.15, -0.1) is 0 Å². The molecule has 1 amide bonds. The maximum Gasteiger partial charge on any atom is 0.263 e. The molecule has 0 radical (unpaired) electrons. The summed E-state index contributed by atoms with van der Waals surface area (Å²) in [6.07, 6.45) is 0. The summed E-state index contributed by atoms with van der Waals surface area (Å²) >= 11 is -0.454. The van der Waals surface area contributed by atoms with Crippen LogP contribution in [0, 0.1) is 6.92 Å². The number of halogens is 1. The molecule has 0 unspecified atom stereocenters. The van der Waals surface area contributed by atoms with E-state index >= 15 is 0 Å². The van der Waals surface area contributed by atoms with Crippen LogP contribution in [0.4, 0.5) is 0 Å². The fourth-order valence-electron chi connectivity index (χ4n) is 1.65. The monoisotopic (exact) mass is 299 g/mol. The number of carbonyl (C=O) groups excluding carboxylic acids is 1. The Bertz CT molecular complexity index is 447. The molecular formula is C11H10INO. The summed E-state index contributed by atoms with van der Waals surface area (Å²) < 4.78 is 4.72. The van der Waals surface area contributed by atoms with Crippen LogP contribution in [0.2, 0.25) is 0 Å². The Morgan fingerprint density at radius 1 is 1.57 bits per heavy atom. The van der Waals surface area contributed by atoms with Crippen LogP contribution in [0.5, 0.6) is 0 Å². The van der Waals surface area contributed by atoms with E-state index in [1.165, 1.54) is 0 Å². The highest BCUT2D eigenvalue weighted by atomic mass is 127. The molecule has 1 heterocycles. The zero-order chi connectivity index (χ0) is 10.1. The molecule has 0 saturated heterocycles. The molecule has 72 valence electrons. The summed E-state index contributed by atoms with van der Waals surface area (Å²) in [6, 6.07) is 6.00. The van der Waals surface area contributed by atoms with Crippen molar-refractivity contribution in [2.45, 2.75) is 13.5 Å². The minimum Gasteiger partial charge on any atom is -0.276 e. The molecule has 0 fully saturated rings. The third-order valence-electron chi connectivity index (χ3n) is 2.26. The molecular weight excluding hydrogens is 289 g/mol. The summed E-state index contributed by atoms with van der Waals surface area (Å²) in [5.41, 5.74) is 3.11. The Morgan fingerprint density at radius 3 is 3.00 bits per heavy atom. The topological polar surface area (TPSA) is 20.3 Å². The van der Waals surface area contributed by atoms with Gasteiger partial charge in [-0.1, -0.05) is 21.9 Å². The number of aryl methyl sites for hydroxylation is 1. The van der Waals surface area contributed by atoms with Crippen LogP contribution in [0.3, 0.4) is 0 Å². The third-order valence-corrected chi connectivity index (χ3v) is 3.97. The molecule has 1 aromatic carbocycles. The van der Waals surface area contributed by atoms with Gasteiger partial charge < -0.3 is 0 Å².